The van der Waals surface area contributed by atoms with Crippen molar-refractivity contribution in [2.24, 2.45) is 22.1 Å². The number of carbonyl (C=O) groups is 1. The Balaban J connectivity index is 1.83. The van der Waals surface area contributed by atoms with Gasteiger partial charge in [-0.2, -0.15) is 0 Å². The molecule has 1 unspecified atom stereocenters. The Kier molecular flexibility index (Phi) is 4.53. The Morgan fingerprint density at radius 1 is 1.26 bits per heavy atom. The van der Waals surface area contributed by atoms with Gasteiger partial charge in [-0.1, -0.05) is 24.8 Å². The summed E-state index contributed by atoms with van der Waals surface area (Å²) in [5.41, 5.74) is 7.03. The number of fused-ring (bicyclic) bond motifs is 1. The van der Waals surface area contributed by atoms with E-state index in [0.29, 0.717) is 11.9 Å². The van der Waals surface area contributed by atoms with Crippen LogP contribution < -0.4 is 5.73 Å². The van der Waals surface area contributed by atoms with Crippen LogP contribution >= 0.6 is 0 Å². The number of nitrogens with zero attached hydrogens (tertiary/aromatic N) is 2. The maximum Gasteiger partial charge on any atom is 0.262 e. The number of aliphatic imine (C=N–C) groups is 1. The molecular weight excluding hydrogens is 338 g/mol. The van der Waals surface area contributed by atoms with E-state index in [9.17, 15) is 4.79 Å². The van der Waals surface area contributed by atoms with E-state index < -0.39 is 5.54 Å². The number of nitrogens with two attached hydrogens (primary N) is 1. The molecule has 4 rings (SSSR count). The Morgan fingerprint density at radius 2 is 1.96 bits per heavy atom. The van der Waals surface area contributed by atoms with Gasteiger partial charge >= 0.3 is 0 Å². The average molecular weight is 370 g/mol. The first-order valence-electron chi connectivity index (χ1n) is 10.2. The number of hydrogen-bond acceptors (Lipinski definition) is 4. The predicted molar refractivity (Wildman–Crippen MR) is 107 cm³/mol. The minimum Gasteiger partial charge on any atom is -0.381 e. The van der Waals surface area contributed by atoms with Crippen LogP contribution in [0.4, 0.5) is 0 Å². The third-order valence-electron chi connectivity index (χ3n) is 7.18. The molecule has 0 aromatic heterocycles. The highest BCUT2D eigenvalue weighted by Gasteiger charge is 2.62. The van der Waals surface area contributed by atoms with Crippen LogP contribution in [-0.2, 0) is 9.53 Å². The van der Waals surface area contributed by atoms with Crippen molar-refractivity contribution >= 4 is 11.9 Å². The minimum absolute atomic E-state index is 0.0193. The van der Waals surface area contributed by atoms with Crippen molar-refractivity contribution in [3.63, 3.8) is 0 Å². The lowest BCUT2D eigenvalue weighted by Crippen LogP contribution is -2.56. The van der Waals surface area contributed by atoms with Gasteiger partial charge in [0.2, 0.25) is 0 Å². The molecule has 1 heterocycles. The van der Waals surface area contributed by atoms with E-state index in [1.54, 1.807) is 14.2 Å². The number of allylic oxidation sites excluding steroid dienone is 3. The van der Waals surface area contributed by atoms with Gasteiger partial charge in [-0.25, -0.2) is 4.99 Å². The second-order valence-electron chi connectivity index (χ2n) is 8.64. The summed E-state index contributed by atoms with van der Waals surface area (Å²) < 4.78 is 5.61. The van der Waals surface area contributed by atoms with Gasteiger partial charge in [-0.3, -0.25) is 9.69 Å². The summed E-state index contributed by atoms with van der Waals surface area (Å²) in [6.07, 6.45) is 14.9. The van der Waals surface area contributed by atoms with Crippen molar-refractivity contribution in [2.45, 2.75) is 63.0 Å². The van der Waals surface area contributed by atoms with E-state index in [1.807, 2.05) is 0 Å². The van der Waals surface area contributed by atoms with Gasteiger partial charge in [0.25, 0.3) is 5.91 Å². The van der Waals surface area contributed by atoms with E-state index in [-0.39, 0.29) is 17.4 Å². The standard InChI is InChI=1S/C22H31N3O2/c1-15-14-17(16-7-8-16)6-4-5-11-21(12-9-18(27-3)10-13-21)22(15)19(26)25(2)20(23)24-22/h4,6,14,16,18H,1,5,7-13H2,2-3H3,(H2,23,24)/b6-4-,17-14+. The molecule has 27 heavy (non-hydrogen) atoms. The molecule has 5 nitrogen and oxygen atoms in total. The van der Waals surface area contributed by atoms with Crippen molar-refractivity contribution < 1.29 is 9.53 Å². The van der Waals surface area contributed by atoms with Crippen LogP contribution in [0.2, 0.25) is 0 Å². The van der Waals surface area contributed by atoms with E-state index in [2.05, 4.69) is 24.8 Å². The lowest BCUT2D eigenvalue weighted by atomic mass is 9.56. The van der Waals surface area contributed by atoms with Gasteiger partial charge in [-0.05, 0) is 68.4 Å². The molecule has 0 aromatic carbocycles. The molecule has 2 spiro atoms. The molecule has 4 aliphatic rings. The molecule has 2 N–H and O–H groups in total. The fraction of sp³-hybridized carbons (Fsp3) is 0.636. The van der Waals surface area contributed by atoms with Gasteiger partial charge in [0.15, 0.2) is 11.5 Å². The lowest BCUT2D eigenvalue weighted by molar-refractivity contribution is -0.135. The summed E-state index contributed by atoms with van der Waals surface area (Å²) in [5, 5.41) is 0. The number of likely N-dealkylation sites (N-methyl/N-ethyl adjacent to an activating group) is 1. The molecule has 1 amide bonds. The smallest absolute Gasteiger partial charge is 0.262 e. The van der Waals surface area contributed by atoms with E-state index in [4.69, 9.17) is 15.5 Å². The highest BCUT2D eigenvalue weighted by atomic mass is 16.5. The van der Waals surface area contributed by atoms with Crippen LogP contribution in [0, 0.1) is 11.3 Å². The minimum atomic E-state index is -0.975. The molecule has 3 aliphatic carbocycles. The zero-order valence-electron chi connectivity index (χ0n) is 16.5. The predicted octanol–water partition coefficient (Wildman–Crippen LogP) is 3.33. The van der Waals surface area contributed by atoms with Crippen LogP contribution in [0.3, 0.4) is 0 Å². The van der Waals surface area contributed by atoms with Gasteiger partial charge in [0.1, 0.15) is 0 Å². The van der Waals surface area contributed by atoms with Crippen molar-refractivity contribution in [3.05, 3.63) is 36.0 Å². The van der Waals surface area contributed by atoms with E-state index in [0.717, 1.165) is 44.1 Å². The fourth-order valence-corrected chi connectivity index (χ4v) is 5.31. The van der Waals surface area contributed by atoms with E-state index >= 15 is 0 Å². The van der Waals surface area contributed by atoms with Crippen LogP contribution in [0.1, 0.15) is 51.4 Å². The highest BCUT2D eigenvalue weighted by Crippen LogP contribution is 2.56. The van der Waals surface area contributed by atoms with Gasteiger partial charge in [-0.15, -0.1) is 0 Å². The summed E-state index contributed by atoms with van der Waals surface area (Å²) in [6, 6.07) is 0. The maximum absolute atomic E-state index is 13.6. The molecular formula is C22H31N3O2. The van der Waals surface area contributed by atoms with Crippen LogP contribution in [0.25, 0.3) is 0 Å². The van der Waals surface area contributed by atoms with Crippen molar-refractivity contribution in [3.8, 4) is 0 Å². The van der Waals surface area contributed by atoms with Crippen molar-refractivity contribution in [1.29, 1.82) is 0 Å². The first-order chi connectivity index (χ1) is 12.9. The third kappa shape index (κ3) is 2.78. The van der Waals surface area contributed by atoms with Crippen LogP contribution in [-0.4, -0.2) is 42.6 Å². The second-order valence-corrected chi connectivity index (χ2v) is 8.64. The number of methoxy groups -OCH3 is 1. The third-order valence-corrected chi connectivity index (χ3v) is 7.18. The Morgan fingerprint density at radius 3 is 2.52 bits per heavy atom. The molecule has 2 saturated carbocycles. The number of carbonyl (C=O) groups excluding carboxylic acids is 1. The van der Waals surface area contributed by atoms with Crippen LogP contribution in [0.5, 0.6) is 0 Å². The van der Waals surface area contributed by atoms with Gasteiger partial charge in [0, 0.05) is 19.6 Å². The SMILES string of the molecule is C=C1/C=C(C2CC2)\C=C/CCC2(CCC(OC)CC2)C12N=C(N)N(C)C2=O. The highest BCUT2D eigenvalue weighted by molar-refractivity contribution is 6.09. The van der Waals surface area contributed by atoms with E-state index in [1.165, 1.54) is 23.3 Å². The zero-order valence-corrected chi connectivity index (χ0v) is 16.5. The molecule has 1 atom stereocenters. The van der Waals surface area contributed by atoms with Gasteiger partial charge < -0.3 is 10.5 Å². The number of guanidine groups is 1. The monoisotopic (exact) mass is 369 g/mol. The Labute approximate surface area is 162 Å². The summed E-state index contributed by atoms with van der Waals surface area (Å²) in [6.45, 7) is 4.41. The number of ether oxygens (including phenoxy) is 1. The zero-order chi connectivity index (χ0) is 19.2. The van der Waals surface area contributed by atoms with Crippen molar-refractivity contribution in [2.75, 3.05) is 14.2 Å². The number of amides is 1. The Bertz CT molecular complexity index is 739. The molecule has 0 aromatic rings. The first kappa shape index (κ1) is 18.5. The maximum atomic E-state index is 13.6. The Hall–Kier alpha value is -1.88. The first-order valence-corrected chi connectivity index (χ1v) is 10.2. The summed E-state index contributed by atoms with van der Waals surface area (Å²) in [5.74, 6) is 0.890. The van der Waals surface area contributed by atoms with Gasteiger partial charge in [0.05, 0.1) is 6.10 Å². The molecule has 2 fully saturated rings. The lowest BCUT2D eigenvalue weighted by Gasteiger charge is -2.49. The summed E-state index contributed by atoms with van der Waals surface area (Å²) in [7, 11) is 3.51. The second kappa shape index (κ2) is 6.62. The normalized spacial score (nSPS) is 40.4. The largest absolute Gasteiger partial charge is 0.381 e. The molecule has 1 aliphatic heterocycles. The van der Waals surface area contributed by atoms with Crippen LogP contribution in [0.15, 0.2) is 40.9 Å². The molecule has 5 heteroatoms. The summed E-state index contributed by atoms with van der Waals surface area (Å²) >= 11 is 0. The average Bonchev–Trinajstić information content (AvgIpc) is 3.48. The quantitative estimate of drug-likeness (QED) is 0.812. The molecule has 0 radical (unpaired) electrons. The molecule has 0 saturated heterocycles. The fourth-order valence-electron chi connectivity index (χ4n) is 5.31. The number of rotatable bonds is 2. The topological polar surface area (TPSA) is 67.9 Å². The molecule has 0 bridgehead atoms. The molecule has 146 valence electrons. The number of hydrogen-bond donors (Lipinski definition) is 1. The van der Waals surface area contributed by atoms with Crippen molar-refractivity contribution in [1.82, 2.24) is 4.90 Å². The summed E-state index contributed by atoms with van der Waals surface area (Å²) in [4.78, 5) is 20.0.